The predicted molar refractivity (Wildman–Crippen MR) is 249 cm³/mol. The lowest BCUT2D eigenvalue weighted by molar-refractivity contribution is -0.136. The van der Waals surface area contributed by atoms with E-state index in [-0.39, 0.29) is 101 Å². The maximum atomic E-state index is 14.4. The highest BCUT2D eigenvalue weighted by Gasteiger charge is 2.34. The third kappa shape index (κ3) is 22.9. The number of ketones is 3. The number of carbonyl (C=O) groups is 9. The number of guanidine groups is 2. The minimum atomic E-state index is -1.45. The number of carbonyl (C=O) groups excluding carboxylic acids is 9. The van der Waals surface area contributed by atoms with Gasteiger partial charge in [0.2, 0.25) is 35.4 Å². The normalized spacial score (nSPS) is 13.5. The summed E-state index contributed by atoms with van der Waals surface area (Å²) in [5.74, 6) is -10.1. The maximum absolute atomic E-state index is 14.4. The third-order valence-corrected chi connectivity index (χ3v) is 10.7. The fourth-order valence-corrected chi connectivity index (χ4v) is 7.20. The van der Waals surface area contributed by atoms with Crippen LogP contribution in [0.3, 0.4) is 0 Å². The number of rotatable bonds is 33. The molecule has 0 bridgehead atoms. The average molecular weight is 935 g/mol. The van der Waals surface area contributed by atoms with Gasteiger partial charge in [-0.15, -0.1) is 0 Å². The molecule has 2 aromatic rings. The monoisotopic (exact) mass is 935 g/mol. The lowest BCUT2D eigenvalue weighted by atomic mass is 9.88. The Bertz CT molecular complexity index is 2070. The molecule has 0 saturated carbocycles. The molecule has 22 nitrogen and oxygen atoms in total. The molecule has 2 aromatic carbocycles. The molecule has 0 saturated heterocycles. The van der Waals surface area contributed by atoms with Gasteiger partial charge in [-0.25, -0.2) is 0 Å². The summed E-state index contributed by atoms with van der Waals surface area (Å²) in [5, 5.41) is 17.8. The van der Waals surface area contributed by atoms with E-state index in [1.165, 1.54) is 31.2 Å². The van der Waals surface area contributed by atoms with E-state index in [0.29, 0.717) is 5.56 Å². The number of phenolic OH excluding ortho intramolecular Hbond substituents is 1. The summed E-state index contributed by atoms with van der Waals surface area (Å²) in [6.07, 6.45) is -1.95. The Kier molecular flexibility index (Phi) is 24.3. The van der Waals surface area contributed by atoms with Crippen molar-refractivity contribution in [2.24, 2.45) is 67.9 Å². The van der Waals surface area contributed by atoms with Crippen molar-refractivity contribution in [1.82, 2.24) is 16.0 Å². The van der Waals surface area contributed by atoms with E-state index in [2.05, 4.69) is 25.9 Å². The Morgan fingerprint density at radius 2 is 0.940 bits per heavy atom. The van der Waals surface area contributed by atoms with Crippen LogP contribution in [0.1, 0.15) is 88.7 Å². The number of nitrogens with zero attached hydrogens (tertiary/aromatic N) is 2. The molecule has 2 rings (SSSR count). The van der Waals surface area contributed by atoms with Crippen LogP contribution in [0, 0.1) is 17.8 Å². The van der Waals surface area contributed by atoms with E-state index in [4.69, 9.17) is 40.1 Å². The van der Waals surface area contributed by atoms with Gasteiger partial charge in [0.25, 0.3) is 0 Å². The van der Waals surface area contributed by atoms with Crippen LogP contribution in [0.4, 0.5) is 0 Å². The molecule has 18 N–H and O–H groups in total. The number of benzene rings is 2. The van der Waals surface area contributed by atoms with Crippen LogP contribution >= 0.6 is 0 Å². The number of aliphatic imine (C=N–C) groups is 2. The van der Waals surface area contributed by atoms with Gasteiger partial charge in [0.1, 0.15) is 5.75 Å². The molecule has 0 aliphatic heterocycles. The first-order chi connectivity index (χ1) is 31.6. The molecule has 366 valence electrons. The van der Waals surface area contributed by atoms with Crippen molar-refractivity contribution >= 4 is 64.7 Å². The molecule has 0 radical (unpaired) electrons. The van der Waals surface area contributed by atoms with Crippen LogP contribution in [0.5, 0.6) is 5.75 Å². The van der Waals surface area contributed by atoms with Crippen molar-refractivity contribution in [3.8, 4) is 5.75 Å². The molecule has 0 heterocycles. The Morgan fingerprint density at radius 3 is 1.42 bits per heavy atom. The highest BCUT2D eigenvalue weighted by molar-refractivity contribution is 5.97. The van der Waals surface area contributed by atoms with E-state index >= 15 is 0 Å². The molecule has 6 atom stereocenters. The standard InChI is InChI=1S/C45H66N12O10/c1-26(58)55-33(9-5-19-53-44(49)50)36(60)23-29(13-17-39(46)63)42(66)57-35(16-18-40(47)64)38(62)25-31(22-28-11-14-32(59)15-12-28)43(67)56-34(10-6-20-54-45(51)52)37(61)24-30(41(48)65)21-27-7-3-2-4-8-27/h2-4,7-8,11-12,14-15,29-31,33-35,59H,5-6,9-10,13,16-25H2,1H3,(H2,46,63)(H2,47,64)(H2,48,65)(H,55,58)(H,56,67)(H,57,66)(H4,49,50,53)(H4,51,52,54)/t29-,30-,31-,33+,34+,35+/m1/s1. The summed E-state index contributed by atoms with van der Waals surface area (Å²) in [6, 6.07) is 11.0. The Balaban J connectivity index is 2.49. The minimum absolute atomic E-state index is 0.0276. The number of hydrogen-bond donors (Lipinski definition) is 11. The molecule has 0 aliphatic carbocycles. The van der Waals surface area contributed by atoms with Gasteiger partial charge in [-0.2, -0.15) is 0 Å². The van der Waals surface area contributed by atoms with Gasteiger partial charge in [-0.05, 0) is 74.6 Å². The average Bonchev–Trinajstić information content (AvgIpc) is 3.25. The number of Topliss-reactive ketones (excluding diaryl/α,β-unsaturated/α-hetero) is 3. The first kappa shape index (κ1) is 55.7. The minimum Gasteiger partial charge on any atom is -0.508 e. The summed E-state index contributed by atoms with van der Waals surface area (Å²) >= 11 is 0. The van der Waals surface area contributed by atoms with Crippen molar-refractivity contribution < 1.29 is 48.3 Å². The zero-order chi connectivity index (χ0) is 50.1. The summed E-state index contributed by atoms with van der Waals surface area (Å²) in [7, 11) is 0. The molecule has 0 spiro atoms. The van der Waals surface area contributed by atoms with E-state index in [1.54, 1.807) is 30.3 Å². The van der Waals surface area contributed by atoms with Gasteiger partial charge < -0.3 is 61.2 Å². The van der Waals surface area contributed by atoms with Gasteiger partial charge in [0, 0.05) is 69.9 Å². The largest absolute Gasteiger partial charge is 0.508 e. The second-order valence-electron chi connectivity index (χ2n) is 16.3. The number of nitrogens with two attached hydrogens (primary N) is 7. The highest BCUT2D eigenvalue weighted by atomic mass is 16.3. The number of nitrogens with one attached hydrogen (secondary N) is 3. The summed E-state index contributed by atoms with van der Waals surface area (Å²) in [6.45, 7) is 1.45. The van der Waals surface area contributed by atoms with Gasteiger partial charge in [0.15, 0.2) is 29.3 Å². The van der Waals surface area contributed by atoms with Crippen LogP contribution in [-0.4, -0.2) is 101 Å². The molecule has 0 fully saturated rings. The SMILES string of the molecule is CC(=O)N[C@@H](CCCN=C(N)N)C(=O)C[C@@H](CCC(N)=O)C(=O)N[C@@H](CCC(N)=O)C(=O)C[C@@H](Cc1ccc(O)cc1)C(=O)N[C@@H](CCCN=C(N)N)C(=O)C[C@@H](Cc1ccccc1)C(N)=O. The van der Waals surface area contributed by atoms with Crippen molar-refractivity contribution in [1.29, 1.82) is 0 Å². The van der Waals surface area contributed by atoms with E-state index in [9.17, 15) is 48.3 Å². The van der Waals surface area contributed by atoms with Crippen LogP contribution in [-0.2, 0) is 56.0 Å². The van der Waals surface area contributed by atoms with Crippen LogP contribution in [0.25, 0.3) is 0 Å². The fourth-order valence-electron chi connectivity index (χ4n) is 7.20. The number of hydrogen-bond acceptors (Lipinski definition) is 12. The maximum Gasteiger partial charge on any atom is 0.224 e. The molecule has 0 aromatic heterocycles. The molecule has 22 heteroatoms. The molecule has 6 amide bonds. The number of phenols is 1. The van der Waals surface area contributed by atoms with E-state index < -0.39 is 102 Å². The molecule has 0 unspecified atom stereocenters. The lowest BCUT2D eigenvalue weighted by Gasteiger charge is -2.26. The third-order valence-electron chi connectivity index (χ3n) is 10.7. The summed E-state index contributed by atoms with van der Waals surface area (Å²) < 4.78 is 0. The smallest absolute Gasteiger partial charge is 0.224 e. The molecular formula is C45H66N12O10. The second-order valence-corrected chi connectivity index (χ2v) is 16.3. The lowest BCUT2D eigenvalue weighted by Crippen LogP contribution is -2.48. The van der Waals surface area contributed by atoms with Crippen LogP contribution in [0.2, 0.25) is 0 Å². The van der Waals surface area contributed by atoms with Crippen molar-refractivity contribution in [3.63, 3.8) is 0 Å². The van der Waals surface area contributed by atoms with Gasteiger partial charge in [-0.1, -0.05) is 42.5 Å². The zero-order valence-corrected chi connectivity index (χ0v) is 37.8. The number of amides is 6. The summed E-state index contributed by atoms with van der Waals surface area (Å²) in [5.41, 5.74) is 39.6. The van der Waals surface area contributed by atoms with Crippen molar-refractivity contribution in [2.75, 3.05) is 13.1 Å². The first-order valence-electron chi connectivity index (χ1n) is 21.9. The first-order valence-corrected chi connectivity index (χ1v) is 21.9. The number of primary amides is 3. The quantitative estimate of drug-likeness (QED) is 0.0221. The van der Waals surface area contributed by atoms with E-state index in [1.807, 2.05) is 0 Å². The second kappa shape index (κ2) is 29.2. The highest BCUT2D eigenvalue weighted by Crippen LogP contribution is 2.22. The Hall–Kier alpha value is -7.39. The van der Waals surface area contributed by atoms with Crippen LogP contribution < -0.4 is 56.1 Å². The van der Waals surface area contributed by atoms with Gasteiger partial charge >= 0.3 is 0 Å². The Labute approximate surface area is 389 Å². The zero-order valence-electron chi connectivity index (χ0n) is 37.8. The summed E-state index contributed by atoms with van der Waals surface area (Å²) in [4.78, 5) is 127. The van der Waals surface area contributed by atoms with Crippen molar-refractivity contribution in [2.45, 2.75) is 109 Å². The topological polar surface area (TPSA) is 417 Å². The predicted octanol–water partition coefficient (Wildman–Crippen LogP) is -1.50. The fraction of sp³-hybridized carbons (Fsp3) is 0.489. The van der Waals surface area contributed by atoms with Gasteiger partial charge in [0.05, 0.1) is 18.1 Å². The molecule has 0 aliphatic rings. The van der Waals surface area contributed by atoms with Gasteiger partial charge in [-0.3, -0.25) is 53.1 Å². The Morgan fingerprint density at radius 1 is 0.522 bits per heavy atom. The van der Waals surface area contributed by atoms with E-state index in [0.717, 1.165) is 5.56 Å². The molecular weight excluding hydrogens is 869 g/mol. The number of aromatic hydroxyl groups is 1. The molecule has 67 heavy (non-hydrogen) atoms. The van der Waals surface area contributed by atoms with Crippen LogP contribution in [0.15, 0.2) is 64.6 Å². The van der Waals surface area contributed by atoms with Crippen molar-refractivity contribution in [3.05, 3.63) is 65.7 Å².